The minimum absolute atomic E-state index is 0.0843. The third kappa shape index (κ3) is 4.94. The molecule has 0 bridgehead atoms. The summed E-state index contributed by atoms with van der Waals surface area (Å²) in [5.41, 5.74) is 0.560. The molecule has 3 aliphatic rings. The van der Waals surface area contributed by atoms with Crippen LogP contribution in [0.2, 0.25) is 0 Å². The molecule has 0 radical (unpaired) electrons. The van der Waals surface area contributed by atoms with Crippen molar-refractivity contribution in [3.8, 4) is 0 Å². The number of alkyl halides is 3. The molecule has 1 fully saturated rings. The van der Waals surface area contributed by atoms with Crippen LogP contribution in [0.15, 0.2) is 47.9 Å². The number of hydrogen-bond acceptors (Lipinski definition) is 4. The molecule has 0 aromatic carbocycles. The molecule has 0 amide bonds. The standard InChI is InChI=1S/C23H34F3N3O/c1-17(29-13-6-8-19(15-29)20-9-7-12-28(20)5)18-10-11-22(27-14-18,21(2,3)4)30-16-23(24,25)26/h6,8,10-11,14-15,17,20,27H,7,9,12-13,16H2,1-5H3. The summed E-state index contributed by atoms with van der Waals surface area (Å²) < 4.78 is 43.7. The molecule has 3 aliphatic heterocycles. The summed E-state index contributed by atoms with van der Waals surface area (Å²) in [7, 11) is 2.16. The molecule has 0 aromatic rings. The van der Waals surface area contributed by atoms with E-state index in [1.165, 1.54) is 18.4 Å². The lowest BCUT2D eigenvalue weighted by Gasteiger charge is -2.45. The van der Waals surface area contributed by atoms with Gasteiger partial charge in [-0.3, -0.25) is 4.90 Å². The van der Waals surface area contributed by atoms with Crippen LogP contribution < -0.4 is 5.32 Å². The number of hydrogen-bond donors (Lipinski definition) is 1. The number of ether oxygens (including phenoxy) is 1. The normalized spacial score (nSPS) is 28.9. The highest BCUT2D eigenvalue weighted by atomic mass is 19.4. The van der Waals surface area contributed by atoms with Crippen molar-refractivity contribution in [1.29, 1.82) is 0 Å². The lowest BCUT2D eigenvalue weighted by molar-refractivity contribution is -0.217. The van der Waals surface area contributed by atoms with Crippen molar-refractivity contribution >= 4 is 0 Å². The Morgan fingerprint density at radius 3 is 2.53 bits per heavy atom. The first-order chi connectivity index (χ1) is 13.9. The Hall–Kier alpha value is -1.73. The highest BCUT2D eigenvalue weighted by Gasteiger charge is 2.45. The van der Waals surface area contributed by atoms with Gasteiger partial charge in [-0.05, 0) is 50.6 Å². The van der Waals surface area contributed by atoms with E-state index in [4.69, 9.17) is 4.74 Å². The Balaban J connectivity index is 1.73. The van der Waals surface area contributed by atoms with E-state index < -0.39 is 23.9 Å². The van der Waals surface area contributed by atoms with E-state index in [0.29, 0.717) is 6.04 Å². The molecule has 3 unspecified atom stereocenters. The summed E-state index contributed by atoms with van der Waals surface area (Å²) in [5, 5.41) is 3.14. The minimum Gasteiger partial charge on any atom is -0.367 e. The van der Waals surface area contributed by atoms with Gasteiger partial charge < -0.3 is 15.0 Å². The number of nitrogens with one attached hydrogen (secondary N) is 1. The Morgan fingerprint density at radius 2 is 2.00 bits per heavy atom. The maximum atomic E-state index is 12.8. The average Bonchev–Trinajstić information content (AvgIpc) is 3.11. The van der Waals surface area contributed by atoms with Crippen molar-refractivity contribution in [2.45, 2.75) is 64.5 Å². The first-order valence-electron chi connectivity index (χ1n) is 10.6. The van der Waals surface area contributed by atoms with Gasteiger partial charge >= 0.3 is 6.18 Å². The van der Waals surface area contributed by atoms with Crippen LogP contribution in [0, 0.1) is 5.41 Å². The first kappa shape index (κ1) is 22.9. The molecule has 1 saturated heterocycles. The second-order valence-corrected chi connectivity index (χ2v) is 9.55. The van der Waals surface area contributed by atoms with Gasteiger partial charge in [-0.15, -0.1) is 0 Å². The lowest BCUT2D eigenvalue weighted by Crippen LogP contribution is -2.56. The van der Waals surface area contributed by atoms with Crippen LogP contribution in [-0.2, 0) is 4.74 Å². The molecular formula is C23H34F3N3O. The molecule has 3 heterocycles. The van der Waals surface area contributed by atoms with Gasteiger partial charge in [0.1, 0.15) is 6.61 Å². The second kappa shape index (κ2) is 8.42. The van der Waals surface area contributed by atoms with Gasteiger partial charge in [0.15, 0.2) is 5.72 Å². The van der Waals surface area contributed by atoms with E-state index in [-0.39, 0.29) is 6.04 Å². The van der Waals surface area contributed by atoms with E-state index in [9.17, 15) is 13.2 Å². The summed E-state index contributed by atoms with van der Waals surface area (Å²) in [6.07, 6.45) is 10.1. The maximum Gasteiger partial charge on any atom is 0.411 e. The predicted octanol–water partition coefficient (Wildman–Crippen LogP) is 4.59. The van der Waals surface area contributed by atoms with Crippen LogP contribution in [0.1, 0.15) is 40.5 Å². The molecule has 30 heavy (non-hydrogen) atoms. The van der Waals surface area contributed by atoms with E-state index in [1.807, 2.05) is 26.8 Å². The zero-order chi connectivity index (χ0) is 22.2. The SMILES string of the molecule is CC(C1=CNC(OCC(F)(F)F)(C(C)(C)C)C=C1)N1C=C(C2CCCN2C)C=CC1. The highest BCUT2D eigenvalue weighted by Crippen LogP contribution is 2.37. The fraction of sp³-hybridized carbons (Fsp3) is 0.652. The largest absolute Gasteiger partial charge is 0.411 e. The van der Waals surface area contributed by atoms with Crippen molar-refractivity contribution in [1.82, 2.24) is 15.1 Å². The van der Waals surface area contributed by atoms with Crippen LogP contribution in [0.25, 0.3) is 0 Å². The van der Waals surface area contributed by atoms with Crippen LogP contribution in [0.4, 0.5) is 13.2 Å². The van der Waals surface area contributed by atoms with Crippen LogP contribution in [0.5, 0.6) is 0 Å². The molecule has 0 aliphatic carbocycles. The van der Waals surface area contributed by atoms with Crippen molar-refractivity contribution in [2.75, 3.05) is 26.7 Å². The molecule has 0 aromatic heterocycles. The van der Waals surface area contributed by atoms with Crippen LogP contribution in [0.3, 0.4) is 0 Å². The third-order valence-corrected chi connectivity index (χ3v) is 6.37. The van der Waals surface area contributed by atoms with Crippen LogP contribution in [-0.4, -0.2) is 60.5 Å². The molecule has 0 spiro atoms. The quantitative estimate of drug-likeness (QED) is 0.697. The topological polar surface area (TPSA) is 27.7 Å². The van der Waals surface area contributed by atoms with Crippen molar-refractivity contribution < 1.29 is 17.9 Å². The average molecular weight is 426 g/mol. The zero-order valence-electron chi connectivity index (χ0n) is 18.6. The zero-order valence-corrected chi connectivity index (χ0v) is 18.6. The first-order valence-corrected chi connectivity index (χ1v) is 10.6. The van der Waals surface area contributed by atoms with Gasteiger partial charge in [-0.25, -0.2) is 0 Å². The highest BCUT2D eigenvalue weighted by molar-refractivity contribution is 5.35. The summed E-state index contributed by atoms with van der Waals surface area (Å²) in [5.74, 6) is 0. The summed E-state index contributed by atoms with van der Waals surface area (Å²) in [6, 6.07) is 0.538. The van der Waals surface area contributed by atoms with Crippen molar-refractivity contribution in [2.24, 2.45) is 5.41 Å². The molecule has 3 atom stereocenters. The Labute approximate surface area is 178 Å². The van der Waals surface area contributed by atoms with E-state index in [0.717, 1.165) is 18.7 Å². The Kier molecular flexibility index (Phi) is 6.44. The number of rotatable bonds is 5. The number of halogens is 3. The molecule has 3 rings (SSSR count). The van der Waals surface area contributed by atoms with Gasteiger partial charge in [0, 0.05) is 30.4 Å². The molecule has 1 N–H and O–H groups in total. The van der Waals surface area contributed by atoms with Crippen LogP contribution >= 0.6 is 0 Å². The minimum atomic E-state index is -4.38. The fourth-order valence-electron chi connectivity index (χ4n) is 4.32. The molecule has 168 valence electrons. The Bertz CT molecular complexity index is 748. The third-order valence-electron chi connectivity index (χ3n) is 6.37. The summed E-state index contributed by atoms with van der Waals surface area (Å²) in [6.45, 7) is 8.35. The number of likely N-dealkylation sites (tertiary alicyclic amines) is 1. The molecule has 7 heteroatoms. The summed E-state index contributed by atoms with van der Waals surface area (Å²) in [4.78, 5) is 4.67. The van der Waals surface area contributed by atoms with Gasteiger partial charge in [-0.1, -0.05) is 39.0 Å². The molecular weight excluding hydrogens is 391 g/mol. The summed E-state index contributed by atoms with van der Waals surface area (Å²) >= 11 is 0. The van der Waals surface area contributed by atoms with Gasteiger partial charge in [0.25, 0.3) is 0 Å². The number of nitrogens with zero attached hydrogens (tertiary/aromatic N) is 2. The van der Waals surface area contributed by atoms with E-state index in [1.54, 1.807) is 12.3 Å². The van der Waals surface area contributed by atoms with Crippen molar-refractivity contribution in [3.05, 3.63) is 47.9 Å². The monoisotopic (exact) mass is 425 g/mol. The van der Waals surface area contributed by atoms with Crippen molar-refractivity contribution in [3.63, 3.8) is 0 Å². The fourth-order valence-corrected chi connectivity index (χ4v) is 4.32. The second-order valence-electron chi connectivity index (χ2n) is 9.55. The smallest absolute Gasteiger partial charge is 0.367 e. The number of likely N-dealkylation sites (N-methyl/N-ethyl adjacent to an activating group) is 1. The van der Waals surface area contributed by atoms with Gasteiger partial charge in [-0.2, -0.15) is 13.2 Å². The Morgan fingerprint density at radius 1 is 1.27 bits per heavy atom. The number of dihydropyridines is 1. The molecule has 4 nitrogen and oxygen atoms in total. The van der Waals surface area contributed by atoms with E-state index >= 15 is 0 Å². The molecule has 0 saturated carbocycles. The van der Waals surface area contributed by atoms with Gasteiger partial charge in [0.2, 0.25) is 0 Å². The van der Waals surface area contributed by atoms with E-state index in [2.05, 4.69) is 47.4 Å². The lowest BCUT2D eigenvalue weighted by atomic mass is 9.80. The van der Waals surface area contributed by atoms with Gasteiger partial charge in [0.05, 0.1) is 6.04 Å². The predicted molar refractivity (Wildman–Crippen MR) is 114 cm³/mol. The maximum absolute atomic E-state index is 12.8.